The second kappa shape index (κ2) is 8.84. The van der Waals surface area contributed by atoms with Gasteiger partial charge in [-0.15, -0.1) is 0 Å². The van der Waals surface area contributed by atoms with Crippen LogP contribution in [0.25, 0.3) is 0 Å². The molecule has 1 aromatic heterocycles. The molecule has 29 heavy (non-hydrogen) atoms. The van der Waals surface area contributed by atoms with Crippen LogP contribution in [0.15, 0.2) is 60.8 Å². The van der Waals surface area contributed by atoms with Gasteiger partial charge in [-0.05, 0) is 35.4 Å². The van der Waals surface area contributed by atoms with E-state index in [1.54, 1.807) is 36.4 Å². The van der Waals surface area contributed by atoms with Crippen molar-refractivity contribution in [2.75, 3.05) is 7.11 Å². The maximum absolute atomic E-state index is 14.3. The number of ketones is 1. The molecule has 0 amide bonds. The number of pyridine rings is 1. The smallest absolute Gasteiger partial charge is 0.338 e. The monoisotopic (exact) mass is 413 g/mol. The number of ether oxygens (including phenoxy) is 1. The van der Waals surface area contributed by atoms with Crippen molar-refractivity contribution in [3.8, 4) is 5.88 Å². The summed E-state index contributed by atoms with van der Waals surface area (Å²) in [6, 6.07) is 14.0. The molecule has 1 unspecified atom stereocenters. The SMILES string of the molecule is COc1ccc(C(=O)CC(c2ccc(C(=O)O)c(F)c2)c2ccccc2Cl)cn1. The molecule has 1 atom stereocenters. The number of carboxylic acid groups (broad SMARTS) is 1. The zero-order valence-corrected chi connectivity index (χ0v) is 16.2. The first-order chi connectivity index (χ1) is 13.9. The molecule has 0 saturated heterocycles. The first-order valence-electron chi connectivity index (χ1n) is 8.71. The predicted molar refractivity (Wildman–Crippen MR) is 106 cm³/mol. The summed E-state index contributed by atoms with van der Waals surface area (Å²) >= 11 is 6.33. The van der Waals surface area contributed by atoms with E-state index in [1.807, 2.05) is 0 Å². The van der Waals surface area contributed by atoms with E-state index < -0.39 is 23.3 Å². The average Bonchev–Trinajstić information content (AvgIpc) is 2.72. The van der Waals surface area contributed by atoms with Gasteiger partial charge in [0.25, 0.3) is 0 Å². The van der Waals surface area contributed by atoms with Gasteiger partial charge in [0.1, 0.15) is 5.82 Å². The molecule has 0 aliphatic heterocycles. The number of nitrogens with zero attached hydrogens (tertiary/aromatic N) is 1. The molecule has 7 heteroatoms. The number of methoxy groups -OCH3 is 1. The summed E-state index contributed by atoms with van der Waals surface area (Å²) in [5, 5.41) is 9.49. The van der Waals surface area contributed by atoms with E-state index in [2.05, 4.69) is 4.98 Å². The predicted octanol–water partition coefficient (Wildman–Crippen LogP) is 4.99. The first-order valence-corrected chi connectivity index (χ1v) is 9.09. The molecule has 0 aliphatic rings. The Morgan fingerprint density at radius 1 is 1.17 bits per heavy atom. The van der Waals surface area contributed by atoms with Gasteiger partial charge in [-0.3, -0.25) is 4.79 Å². The molecule has 0 spiro atoms. The Morgan fingerprint density at radius 3 is 2.52 bits per heavy atom. The minimum atomic E-state index is -1.36. The fraction of sp³-hybridized carbons (Fsp3) is 0.136. The topological polar surface area (TPSA) is 76.5 Å². The highest BCUT2D eigenvalue weighted by Gasteiger charge is 2.23. The summed E-state index contributed by atoms with van der Waals surface area (Å²) in [6.07, 6.45) is 1.42. The first kappa shape index (κ1) is 20.5. The maximum Gasteiger partial charge on any atom is 0.338 e. The lowest BCUT2D eigenvalue weighted by Gasteiger charge is -2.19. The van der Waals surface area contributed by atoms with Gasteiger partial charge in [0.15, 0.2) is 5.78 Å². The number of hydrogen-bond acceptors (Lipinski definition) is 4. The Hall–Kier alpha value is -3.25. The van der Waals surface area contributed by atoms with E-state index in [0.29, 0.717) is 27.6 Å². The van der Waals surface area contributed by atoms with Gasteiger partial charge in [0.2, 0.25) is 5.88 Å². The molecule has 0 bridgehead atoms. The highest BCUT2D eigenvalue weighted by Crippen LogP contribution is 2.34. The maximum atomic E-state index is 14.3. The molecular formula is C22H17ClFNO4. The normalized spacial score (nSPS) is 11.7. The van der Waals surface area contributed by atoms with Gasteiger partial charge < -0.3 is 9.84 Å². The number of rotatable bonds is 7. The molecule has 3 rings (SSSR count). The summed E-state index contributed by atoms with van der Waals surface area (Å²) in [4.78, 5) is 28.0. The number of aromatic carboxylic acids is 1. The number of carboxylic acids is 1. The van der Waals surface area contributed by atoms with Gasteiger partial charge in [0.05, 0.1) is 12.7 Å². The van der Waals surface area contributed by atoms with Crippen molar-refractivity contribution in [1.29, 1.82) is 0 Å². The minimum absolute atomic E-state index is 0.00357. The molecule has 5 nitrogen and oxygen atoms in total. The average molecular weight is 414 g/mol. The molecule has 0 saturated carbocycles. The van der Waals surface area contributed by atoms with Crippen LogP contribution in [0.4, 0.5) is 4.39 Å². The third-order valence-electron chi connectivity index (χ3n) is 4.56. The lowest BCUT2D eigenvalue weighted by atomic mass is 9.85. The zero-order valence-electron chi connectivity index (χ0n) is 15.4. The van der Waals surface area contributed by atoms with Crippen molar-refractivity contribution in [1.82, 2.24) is 4.98 Å². The van der Waals surface area contributed by atoms with Crippen LogP contribution >= 0.6 is 11.6 Å². The molecule has 2 aromatic carbocycles. The standard InChI is InChI=1S/C22H17ClFNO4/c1-29-21-9-7-14(12-25-21)20(26)11-17(15-4-2-3-5-18(15)23)13-6-8-16(22(27)28)19(24)10-13/h2-10,12,17H,11H2,1H3,(H,27,28). The van der Waals surface area contributed by atoms with Crippen LogP contribution in [0, 0.1) is 5.82 Å². The Bertz CT molecular complexity index is 1050. The van der Waals surface area contributed by atoms with Crippen molar-refractivity contribution < 1.29 is 23.8 Å². The van der Waals surface area contributed by atoms with Crippen LogP contribution in [0.1, 0.15) is 44.2 Å². The zero-order chi connectivity index (χ0) is 21.0. The second-order valence-electron chi connectivity index (χ2n) is 6.34. The summed E-state index contributed by atoms with van der Waals surface area (Å²) in [7, 11) is 1.48. The second-order valence-corrected chi connectivity index (χ2v) is 6.74. The third kappa shape index (κ3) is 4.60. The molecule has 148 valence electrons. The summed E-state index contributed by atoms with van der Waals surface area (Å²) < 4.78 is 19.3. The number of benzene rings is 2. The molecule has 1 N–H and O–H groups in total. The van der Waals surface area contributed by atoms with E-state index in [-0.39, 0.29) is 12.2 Å². The van der Waals surface area contributed by atoms with Crippen LogP contribution in [0.3, 0.4) is 0 Å². The highest BCUT2D eigenvalue weighted by molar-refractivity contribution is 6.31. The molecule has 0 fully saturated rings. The molecule has 3 aromatic rings. The summed E-state index contributed by atoms with van der Waals surface area (Å²) in [5.41, 5.74) is 1.05. The van der Waals surface area contributed by atoms with E-state index >= 15 is 0 Å². The quantitative estimate of drug-likeness (QED) is 0.552. The lowest BCUT2D eigenvalue weighted by Crippen LogP contribution is -2.11. The van der Waals surface area contributed by atoms with Gasteiger partial charge in [0, 0.05) is 35.2 Å². The van der Waals surface area contributed by atoms with Crippen LogP contribution in [-0.4, -0.2) is 29.0 Å². The van der Waals surface area contributed by atoms with E-state index in [1.165, 1.54) is 25.4 Å². The molecule has 0 radical (unpaired) electrons. The van der Waals surface area contributed by atoms with Crippen LogP contribution < -0.4 is 4.74 Å². The molecule has 1 heterocycles. The van der Waals surface area contributed by atoms with E-state index in [0.717, 1.165) is 6.07 Å². The van der Waals surface area contributed by atoms with Crippen molar-refractivity contribution in [3.63, 3.8) is 0 Å². The Kier molecular flexibility index (Phi) is 6.24. The van der Waals surface area contributed by atoms with Crippen LogP contribution in [0.2, 0.25) is 5.02 Å². The number of carbonyl (C=O) groups excluding carboxylic acids is 1. The fourth-order valence-corrected chi connectivity index (χ4v) is 3.32. The van der Waals surface area contributed by atoms with Crippen molar-refractivity contribution in [2.45, 2.75) is 12.3 Å². The summed E-state index contributed by atoms with van der Waals surface area (Å²) in [5.74, 6) is -2.62. The minimum Gasteiger partial charge on any atom is -0.481 e. The lowest BCUT2D eigenvalue weighted by molar-refractivity contribution is 0.0691. The molecular weight excluding hydrogens is 397 g/mol. The van der Waals surface area contributed by atoms with Gasteiger partial charge >= 0.3 is 5.97 Å². The third-order valence-corrected chi connectivity index (χ3v) is 4.91. The van der Waals surface area contributed by atoms with Crippen LogP contribution in [-0.2, 0) is 0 Å². The van der Waals surface area contributed by atoms with Crippen molar-refractivity contribution in [2.24, 2.45) is 0 Å². The Balaban J connectivity index is 1.99. The fourth-order valence-electron chi connectivity index (χ4n) is 3.06. The number of carbonyl (C=O) groups is 2. The van der Waals surface area contributed by atoms with E-state index in [4.69, 9.17) is 21.4 Å². The molecule has 0 aliphatic carbocycles. The van der Waals surface area contributed by atoms with Gasteiger partial charge in [-0.2, -0.15) is 0 Å². The van der Waals surface area contributed by atoms with E-state index in [9.17, 15) is 14.0 Å². The van der Waals surface area contributed by atoms with Gasteiger partial charge in [-0.25, -0.2) is 14.2 Å². The highest BCUT2D eigenvalue weighted by atomic mass is 35.5. The Labute approximate surface area is 171 Å². The largest absolute Gasteiger partial charge is 0.481 e. The van der Waals surface area contributed by atoms with Gasteiger partial charge in [-0.1, -0.05) is 35.9 Å². The number of halogens is 2. The number of aromatic nitrogens is 1. The van der Waals surface area contributed by atoms with Crippen molar-refractivity contribution in [3.05, 3.63) is 93.9 Å². The Morgan fingerprint density at radius 2 is 1.93 bits per heavy atom. The summed E-state index contributed by atoms with van der Waals surface area (Å²) in [6.45, 7) is 0. The van der Waals surface area contributed by atoms with Crippen molar-refractivity contribution >= 4 is 23.4 Å². The van der Waals surface area contributed by atoms with Crippen LogP contribution in [0.5, 0.6) is 5.88 Å². The number of hydrogen-bond donors (Lipinski definition) is 1. The number of Topliss-reactive ketones (excluding diaryl/α,β-unsaturated/α-hetero) is 1.